The first-order valence-electron chi connectivity index (χ1n) is 4.73. The summed E-state index contributed by atoms with van der Waals surface area (Å²) in [6.07, 6.45) is 6.91. The Morgan fingerprint density at radius 2 is 2.00 bits per heavy atom. The van der Waals surface area contributed by atoms with Crippen LogP contribution in [-0.2, 0) is 4.79 Å². The molecule has 0 N–H and O–H groups in total. The zero-order valence-corrected chi connectivity index (χ0v) is 7.59. The predicted octanol–water partition coefficient (Wildman–Crippen LogP) is 1.97. The molecule has 0 saturated carbocycles. The summed E-state index contributed by atoms with van der Waals surface area (Å²) in [7, 11) is 0. The monoisotopic (exact) mass is 167 g/mol. The Labute approximate surface area is 74.2 Å². The maximum atomic E-state index is 11.4. The van der Waals surface area contributed by atoms with Crippen LogP contribution in [0.2, 0.25) is 0 Å². The van der Waals surface area contributed by atoms with Gasteiger partial charge in [0.1, 0.15) is 0 Å². The summed E-state index contributed by atoms with van der Waals surface area (Å²) in [6, 6.07) is 0. The van der Waals surface area contributed by atoms with Crippen molar-refractivity contribution < 1.29 is 4.79 Å². The molecule has 0 aromatic heterocycles. The second-order valence-electron chi connectivity index (χ2n) is 3.27. The van der Waals surface area contributed by atoms with Crippen molar-refractivity contribution >= 4 is 5.91 Å². The Balaban J connectivity index is 2.24. The van der Waals surface area contributed by atoms with Crippen LogP contribution >= 0.6 is 0 Å². The third-order valence-corrected chi connectivity index (χ3v) is 2.27. The van der Waals surface area contributed by atoms with Gasteiger partial charge in [0, 0.05) is 19.5 Å². The van der Waals surface area contributed by atoms with Crippen LogP contribution in [0.3, 0.4) is 0 Å². The number of hydrogen-bond acceptors (Lipinski definition) is 1. The Morgan fingerprint density at radius 3 is 2.58 bits per heavy atom. The van der Waals surface area contributed by atoms with E-state index >= 15 is 0 Å². The number of nitrogens with zero attached hydrogens (tertiary/aromatic N) is 1. The lowest BCUT2D eigenvalue weighted by Gasteiger charge is -2.26. The van der Waals surface area contributed by atoms with E-state index in [1.807, 2.05) is 11.0 Å². The van der Waals surface area contributed by atoms with Gasteiger partial charge in [-0.1, -0.05) is 6.08 Å². The van der Waals surface area contributed by atoms with Gasteiger partial charge >= 0.3 is 0 Å². The number of piperidine rings is 1. The van der Waals surface area contributed by atoms with E-state index in [4.69, 9.17) is 0 Å². The number of likely N-dealkylation sites (tertiary alicyclic amines) is 1. The minimum Gasteiger partial charge on any atom is -0.343 e. The third kappa shape index (κ3) is 2.68. The molecule has 0 spiro atoms. The molecule has 2 heteroatoms. The van der Waals surface area contributed by atoms with Crippen molar-refractivity contribution in [2.45, 2.75) is 32.1 Å². The van der Waals surface area contributed by atoms with E-state index in [-0.39, 0.29) is 0 Å². The average molecular weight is 167 g/mol. The Bertz CT molecular complexity index is 159. The summed E-state index contributed by atoms with van der Waals surface area (Å²) in [6.45, 7) is 5.54. The molecule has 1 saturated heterocycles. The lowest BCUT2D eigenvalue weighted by Crippen LogP contribution is -2.35. The number of amides is 1. The molecule has 1 aliphatic rings. The first-order valence-corrected chi connectivity index (χ1v) is 4.73. The molecule has 68 valence electrons. The van der Waals surface area contributed by atoms with Crippen LogP contribution in [0.25, 0.3) is 0 Å². The van der Waals surface area contributed by atoms with Gasteiger partial charge in [-0.15, -0.1) is 6.58 Å². The largest absolute Gasteiger partial charge is 0.343 e. The van der Waals surface area contributed by atoms with E-state index in [0.717, 1.165) is 19.5 Å². The molecule has 0 bridgehead atoms. The number of allylic oxidation sites excluding steroid dienone is 1. The van der Waals surface area contributed by atoms with Crippen molar-refractivity contribution in [3.8, 4) is 0 Å². The fourth-order valence-electron chi connectivity index (χ4n) is 1.53. The van der Waals surface area contributed by atoms with E-state index in [1.165, 1.54) is 19.3 Å². The molecule has 0 radical (unpaired) electrons. The second-order valence-corrected chi connectivity index (χ2v) is 3.27. The van der Waals surface area contributed by atoms with E-state index in [2.05, 4.69) is 6.58 Å². The molecule has 12 heavy (non-hydrogen) atoms. The standard InChI is InChI=1S/C10H17NO/c1-2-3-7-10(12)11-8-5-4-6-9-11/h2H,1,3-9H2. The molecule has 0 aromatic rings. The van der Waals surface area contributed by atoms with E-state index < -0.39 is 0 Å². The highest BCUT2D eigenvalue weighted by molar-refractivity contribution is 5.76. The number of carbonyl (C=O) groups excluding carboxylic acids is 1. The third-order valence-electron chi connectivity index (χ3n) is 2.27. The molecule has 1 rings (SSSR count). The van der Waals surface area contributed by atoms with Crippen LogP contribution in [0.4, 0.5) is 0 Å². The molecule has 1 heterocycles. The minimum absolute atomic E-state index is 0.301. The summed E-state index contributed by atoms with van der Waals surface area (Å²) in [4.78, 5) is 13.4. The highest BCUT2D eigenvalue weighted by Gasteiger charge is 2.14. The van der Waals surface area contributed by atoms with Crippen molar-refractivity contribution in [2.75, 3.05) is 13.1 Å². The van der Waals surface area contributed by atoms with E-state index in [0.29, 0.717) is 12.3 Å². The fourth-order valence-corrected chi connectivity index (χ4v) is 1.53. The zero-order chi connectivity index (χ0) is 8.81. The summed E-state index contributed by atoms with van der Waals surface area (Å²) in [5, 5.41) is 0. The van der Waals surface area contributed by atoms with Gasteiger partial charge in [-0.05, 0) is 25.7 Å². The smallest absolute Gasteiger partial charge is 0.222 e. The van der Waals surface area contributed by atoms with Crippen molar-refractivity contribution in [1.29, 1.82) is 0 Å². The number of hydrogen-bond donors (Lipinski definition) is 0. The zero-order valence-electron chi connectivity index (χ0n) is 7.59. The first kappa shape index (κ1) is 9.30. The summed E-state index contributed by atoms with van der Waals surface area (Å²) in [5.41, 5.74) is 0. The van der Waals surface area contributed by atoms with Crippen molar-refractivity contribution in [3.05, 3.63) is 12.7 Å². The van der Waals surface area contributed by atoms with E-state index in [1.54, 1.807) is 0 Å². The molecule has 1 amide bonds. The van der Waals surface area contributed by atoms with E-state index in [9.17, 15) is 4.79 Å². The summed E-state index contributed by atoms with van der Waals surface area (Å²) in [5.74, 6) is 0.301. The fraction of sp³-hybridized carbons (Fsp3) is 0.700. The Kier molecular flexibility index (Phi) is 3.85. The van der Waals surface area contributed by atoms with Gasteiger partial charge in [-0.25, -0.2) is 0 Å². The van der Waals surface area contributed by atoms with Gasteiger partial charge in [0.25, 0.3) is 0 Å². The lowest BCUT2D eigenvalue weighted by molar-refractivity contribution is -0.131. The predicted molar refractivity (Wildman–Crippen MR) is 49.9 cm³/mol. The highest BCUT2D eigenvalue weighted by Crippen LogP contribution is 2.10. The van der Waals surface area contributed by atoms with Crippen molar-refractivity contribution in [1.82, 2.24) is 4.90 Å². The van der Waals surface area contributed by atoms with Crippen LogP contribution in [0.5, 0.6) is 0 Å². The Hall–Kier alpha value is -0.790. The molecular formula is C10H17NO. The quantitative estimate of drug-likeness (QED) is 0.588. The maximum absolute atomic E-state index is 11.4. The number of carbonyl (C=O) groups is 1. The molecule has 0 unspecified atom stereocenters. The number of rotatable bonds is 3. The molecule has 0 atom stereocenters. The summed E-state index contributed by atoms with van der Waals surface area (Å²) < 4.78 is 0. The molecule has 2 nitrogen and oxygen atoms in total. The van der Waals surface area contributed by atoms with Gasteiger partial charge < -0.3 is 4.90 Å². The molecule has 1 fully saturated rings. The van der Waals surface area contributed by atoms with Crippen LogP contribution in [0, 0.1) is 0 Å². The second kappa shape index (κ2) is 4.96. The van der Waals surface area contributed by atoms with Gasteiger partial charge in [0.05, 0.1) is 0 Å². The Morgan fingerprint density at radius 1 is 1.33 bits per heavy atom. The molecule has 1 aliphatic heterocycles. The normalized spacial score (nSPS) is 17.5. The SMILES string of the molecule is C=CCCC(=O)N1CCCCC1. The molecule has 0 aromatic carbocycles. The molecular weight excluding hydrogens is 150 g/mol. The minimum atomic E-state index is 0.301. The van der Waals surface area contributed by atoms with Crippen LogP contribution in [0.1, 0.15) is 32.1 Å². The van der Waals surface area contributed by atoms with Crippen molar-refractivity contribution in [2.24, 2.45) is 0 Å². The van der Waals surface area contributed by atoms with Gasteiger partial charge in [-0.3, -0.25) is 4.79 Å². The van der Waals surface area contributed by atoms with Gasteiger partial charge in [-0.2, -0.15) is 0 Å². The van der Waals surface area contributed by atoms with Gasteiger partial charge in [0.2, 0.25) is 5.91 Å². The van der Waals surface area contributed by atoms with Crippen molar-refractivity contribution in [3.63, 3.8) is 0 Å². The lowest BCUT2D eigenvalue weighted by atomic mass is 10.1. The highest BCUT2D eigenvalue weighted by atomic mass is 16.2. The summed E-state index contributed by atoms with van der Waals surface area (Å²) >= 11 is 0. The topological polar surface area (TPSA) is 20.3 Å². The van der Waals surface area contributed by atoms with Crippen LogP contribution in [-0.4, -0.2) is 23.9 Å². The molecule has 0 aliphatic carbocycles. The van der Waals surface area contributed by atoms with Crippen LogP contribution in [0.15, 0.2) is 12.7 Å². The average Bonchev–Trinajstić information content (AvgIpc) is 2.15. The van der Waals surface area contributed by atoms with Gasteiger partial charge in [0.15, 0.2) is 0 Å². The first-order chi connectivity index (χ1) is 5.84. The maximum Gasteiger partial charge on any atom is 0.222 e. The van der Waals surface area contributed by atoms with Crippen LogP contribution < -0.4 is 0 Å².